The molecule has 0 radical (unpaired) electrons. The van der Waals surface area contributed by atoms with Crippen LogP contribution in [-0.2, 0) is 14.3 Å². The predicted octanol–water partition coefficient (Wildman–Crippen LogP) is 25.0. The van der Waals surface area contributed by atoms with Crippen LogP contribution < -0.4 is 5.32 Å². The van der Waals surface area contributed by atoms with Gasteiger partial charge in [-0.3, -0.25) is 9.59 Å². The van der Waals surface area contributed by atoms with Crippen molar-refractivity contribution in [3.63, 3.8) is 0 Å². The molecule has 0 fully saturated rings. The number of carbonyl (C=O) groups is 2. The number of esters is 1. The Morgan fingerprint density at radius 3 is 0.845 bits per heavy atom. The van der Waals surface area contributed by atoms with Gasteiger partial charge in [0.15, 0.2) is 0 Å². The smallest absolute Gasteiger partial charge is 0.305 e. The number of nitrogens with one attached hydrogen (secondary N) is 1. The summed E-state index contributed by atoms with van der Waals surface area (Å²) >= 11 is 0. The number of allylic oxidation sites excluding steroid dienone is 5. The first-order valence-corrected chi connectivity index (χ1v) is 38.3. The molecule has 0 aliphatic carbocycles. The van der Waals surface area contributed by atoms with Gasteiger partial charge < -0.3 is 20.3 Å². The minimum absolute atomic E-state index is 0.0146. The van der Waals surface area contributed by atoms with Gasteiger partial charge in [-0.2, -0.15) is 0 Å². The molecule has 6 nitrogen and oxygen atoms in total. The van der Waals surface area contributed by atoms with Crippen molar-refractivity contribution in [2.24, 2.45) is 0 Å². The SMILES string of the molecule is CCCCCCCCC/C=C\CCCCCCCCCC(=O)OCCCCCCCCCCCCCC/C=C\CCCCCCCCCCCCCCCCC(=O)NC(CO)C(O)/C=C/CCCCCCCCCCCCCCCCCCC. The molecule has 0 heterocycles. The summed E-state index contributed by atoms with van der Waals surface area (Å²) in [4.78, 5) is 24.6. The van der Waals surface area contributed by atoms with Crippen LogP contribution in [0.25, 0.3) is 0 Å². The fourth-order valence-corrected chi connectivity index (χ4v) is 12.0. The van der Waals surface area contributed by atoms with Gasteiger partial charge in [0, 0.05) is 12.8 Å². The van der Waals surface area contributed by atoms with E-state index in [0.717, 1.165) is 44.9 Å². The quantitative estimate of drug-likeness (QED) is 0.0320. The van der Waals surface area contributed by atoms with E-state index in [2.05, 4.69) is 43.5 Å². The summed E-state index contributed by atoms with van der Waals surface area (Å²) in [6, 6.07) is -0.628. The van der Waals surface area contributed by atoms with Crippen molar-refractivity contribution < 1.29 is 24.5 Å². The summed E-state index contributed by atoms with van der Waals surface area (Å²) in [5, 5.41) is 23.2. The number of amides is 1. The zero-order valence-corrected chi connectivity index (χ0v) is 56.9. The summed E-state index contributed by atoms with van der Waals surface area (Å²) in [6.45, 7) is 4.94. The topological polar surface area (TPSA) is 95.9 Å². The first kappa shape index (κ1) is 82.1. The lowest BCUT2D eigenvalue weighted by Crippen LogP contribution is -2.45. The third-order valence-corrected chi connectivity index (χ3v) is 17.9. The van der Waals surface area contributed by atoms with Crippen molar-refractivity contribution in [3.8, 4) is 0 Å². The Hall–Kier alpha value is -1.92. The largest absolute Gasteiger partial charge is 0.466 e. The molecule has 6 heteroatoms. The van der Waals surface area contributed by atoms with E-state index >= 15 is 0 Å². The number of aliphatic hydroxyl groups is 2. The summed E-state index contributed by atoms with van der Waals surface area (Å²) in [5.41, 5.74) is 0. The van der Waals surface area contributed by atoms with E-state index in [0.29, 0.717) is 19.4 Å². The van der Waals surface area contributed by atoms with Crippen LogP contribution in [-0.4, -0.2) is 47.4 Å². The molecule has 0 bridgehead atoms. The maximum Gasteiger partial charge on any atom is 0.305 e. The van der Waals surface area contributed by atoms with Crippen molar-refractivity contribution in [1.82, 2.24) is 5.32 Å². The fourth-order valence-electron chi connectivity index (χ4n) is 12.0. The Balaban J connectivity index is 3.38. The second kappa shape index (κ2) is 73.5. The molecule has 3 N–H and O–H groups in total. The van der Waals surface area contributed by atoms with Crippen molar-refractivity contribution >= 4 is 11.9 Å². The Morgan fingerprint density at radius 2 is 0.560 bits per heavy atom. The molecule has 0 aromatic carbocycles. The lowest BCUT2D eigenvalue weighted by Gasteiger charge is -2.20. The number of rotatable bonds is 72. The molecule has 496 valence electrons. The van der Waals surface area contributed by atoms with Crippen LogP contribution in [0, 0.1) is 0 Å². The lowest BCUT2D eigenvalue weighted by molar-refractivity contribution is -0.143. The summed E-state index contributed by atoms with van der Waals surface area (Å²) < 4.78 is 5.51. The highest BCUT2D eigenvalue weighted by atomic mass is 16.5. The summed E-state index contributed by atoms with van der Waals surface area (Å²) in [6.07, 6.45) is 95.3. The van der Waals surface area contributed by atoms with Gasteiger partial charge in [0.1, 0.15) is 0 Å². The van der Waals surface area contributed by atoms with E-state index in [1.54, 1.807) is 6.08 Å². The number of aliphatic hydroxyl groups excluding tert-OH is 2. The second-order valence-electron chi connectivity index (χ2n) is 26.3. The van der Waals surface area contributed by atoms with Crippen molar-refractivity contribution in [3.05, 3.63) is 36.5 Å². The highest BCUT2D eigenvalue weighted by Crippen LogP contribution is 2.19. The highest BCUT2D eigenvalue weighted by molar-refractivity contribution is 5.76. The summed E-state index contributed by atoms with van der Waals surface area (Å²) in [5.74, 6) is -0.0482. The molecule has 0 aliphatic heterocycles. The van der Waals surface area contributed by atoms with Crippen LogP contribution in [0.15, 0.2) is 36.5 Å². The third kappa shape index (κ3) is 69.2. The van der Waals surface area contributed by atoms with Gasteiger partial charge in [0.05, 0.1) is 25.4 Å². The second-order valence-corrected chi connectivity index (χ2v) is 26.3. The van der Waals surface area contributed by atoms with Crippen LogP contribution in [0.3, 0.4) is 0 Å². The molecule has 2 unspecified atom stereocenters. The van der Waals surface area contributed by atoms with E-state index < -0.39 is 12.1 Å². The standard InChI is InChI=1S/C78H149NO5/c1-3-5-7-9-11-13-15-17-19-21-35-38-42-46-50-54-58-62-66-70-76(81)75(74-80)79-77(82)71-67-63-59-55-51-47-43-39-36-33-31-29-27-25-23-24-26-28-30-32-34-37-41-45-49-53-57-61-65-69-73-84-78(83)72-68-64-60-56-52-48-44-40-22-20-18-16-14-12-10-8-6-4-2/h20,22,24,26,66,70,75-76,80-81H,3-19,21,23,25,27-65,67-69,71-74H2,1-2H3,(H,79,82)/b22-20-,26-24-,70-66+. The number of hydrogen-bond acceptors (Lipinski definition) is 5. The molecule has 84 heavy (non-hydrogen) atoms. The van der Waals surface area contributed by atoms with Gasteiger partial charge in [-0.05, 0) is 83.5 Å². The molecular formula is C78H149NO5. The average Bonchev–Trinajstić information content (AvgIpc) is 3.53. The monoisotopic (exact) mass is 1180 g/mol. The van der Waals surface area contributed by atoms with E-state index in [9.17, 15) is 19.8 Å². The Kier molecular flexibility index (Phi) is 71.9. The molecule has 1 amide bonds. The van der Waals surface area contributed by atoms with E-state index in [4.69, 9.17) is 4.74 Å². The normalized spacial score (nSPS) is 12.7. The number of hydrogen-bond donors (Lipinski definition) is 3. The fraction of sp³-hybridized carbons (Fsp3) is 0.897. The summed E-state index contributed by atoms with van der Waals surface area (Å²) in [7, 11) is 0. The maximum atomic E-state index is 12.5. The van der Waals surface area contributed by atoms with Gasteiger partial charge in [0.2, 0.25) is 5.91 Å². The van der Waals surface area contributed by atoms with E-state index in [-0.39, 0.29) is 18.5 Å². The molecular weight excluding hydrogens is 1030 g/mol. The first-order valence-electron chi connectivity index (χ1n) is 38.3. The molecule has 0 aliphatic rings. The average molecular weight is 1180 g/mol. The molecule has 0 spiro atoms. The molecule has 0 saturated heterocycles. The van der Waals surface area contributed by atoms with E-state index in [1.807, 2.05) is 6.08 Å². The van der Waals surface area contributed by atoms with Gasteiger partial charge in [-0.15, -0.1) is 0 Å². The van der Waals surface area contributed by atoms with Gasteiger partial charge >= 0.3 is 5.97 Å². The Morgan fingerprint density at radius 1 is 0.321 bits per heavy atom. The van der Waals surface area contributed by atoms with Gasteiger partial charge in [-0.1, -0.05) is 365 Å². The zero-order chi connectivity index (χ0) is 60.6. The van der Waals surface area contributed by atoms with Crippen LogP contribution in [0.4, 0.5) is 0 Å². The molecule has 0 rings (SSSR count). The van der Waals surface area contributed by atoms with E-state index in [1.165, 1.54) is 353 Å². The van der Waals surface area contributed by atoms with Crippen LogP contribution >= 0.6 is 0 Å². The molecule has 0 aromatic heterocycles. The third-order valence-electron chi connectivity index (χ3n) is 17.9. The van der Waals surface area contributed by atoms with Crippen LogP contribution in [0.1, 0.15) is 425 Å². The predicted molar refractivity (Wildman–Crippen MR) is 370 cm³/mol. The van der Waals surface area contributed by atoms with Gasteiger partial charge in [-0.25, -0.2) is 0 Å². The van der Waals surface area contributed by atoms with Crippen molar-refractivity contribution in [2.75, 3.05) is 13.2 Å². The van der Waals surface area contributed by atoms with Crippen molar-refractivity contribution in [1.29, 1.82) is 0 Å². The minimum atomic E-state index is -0.844. The molecule has 0 saturated carbocycles. The Labute approximate surface area is 525 Å². The van der Waals surface area contributed by atoms with Gasteiger partial charge in [0.25, 0.3) is 0 Å². The zero-order valence-electron chi connectivity index (χ0n) is 56.9. The Bertz CT molecular complexity index is 1360. The highest BCUT2D eigenvalue weighted by Gasteiger charge is 2.18. The number of unbranched alkanes of at least 4 members (excludes halogenated alkanes) is 57. The molecule has 2 atom stereocenters. The number of ether oxygens (including phenoxy) is 1. The minimum Gasteiger partial charge on any atom is -0.466 e. The molecule has 0 aromatic rings. The maximum absolute atomic E-state index is 12.5. The lowest BCUT2D eigenvalue weighted by atomic mass is 10.0. The van der Waals surface area contributed by atoms with Crippen LogP contribution in [0.2, 0.25) is 0 Å². The number of carbonyl (C=O) groups excluding carboxylic acids is 2. The van der Waals surface area contributed by atoms with Crippen LogP contribution in [0.5, 0.6) is 0 Å². The first-order chi connectivity index (χ1) is 41.5. The van der Waals surface area contributed by atoms with Crippen molar-refractivity contribution in [2.45, 2.75) is 437 Å².